The Bertz CT molecular complexity index is 1220. The Morgan fingerprint density at radius 1 is 0.774 bits per heavy atom. The van der Waals surface area contributed by atoms with Crippen molar-refractivity contribution in [2.45, 2.75) is 0 Å². The number of nitrogens with one attached hydrogen (secondary N) is 1. The molecule has 0 saturated carbocycles. The molecule has 4 rings (SSSR count). The number of nitrogens with zero attached hydrogens (tertiary/aromatic N) is 2. The number of carbonyl (C=O) groups is 2. The molecule has 0 bridgehead atoms. The zero-order valence-corrected chi connectivity index (χ0v) is 18.8. The second-order valence-electron chi connectivity index (χ2n) is 6.58. The summed E-state index contributed by atoms with van der Waals surface area (Å²) < 4.78 is 0. The van der Waals surface area contributed by atoms with Gasteiger partial charge in [-0.25, -0.2) is 4.79 Å². The molecule has 7 heteroatoms. The first-order valence-corrected chi connectivity index (χ1v) is 9.21. The van der Waals surface area contributed by atoms with Gasteiger partial charge in [0.1, 0.15) is 0 Å². The molecule has 0 saturated heterocycles. The average Bonchev–Trinajstić information content (AvgIpc) is 2.80. The summed E-state index contributed by atoms with van der Waals surface area (Å²) in [7, 11) is 0. The number of hydrogen-bond acceptors (Lipinski definition) is 4. The zero-order valence-electron chi connectivity index (χ0n) is 17.8. The summed E-state index contributed by atoms with van der Waals surface area (Å²) in [4.78, 5) is 32.7. The minimum Gasteiger partial charge on any atom is -1.00 e. The van der Waals surface area contributed by atoms with Crippen molar-refractivity contribution in [1.29, 1.82) is 0 Å². The SMILES string of the molecule is O=C(Nc1cc(-c2ccccc2)ccc1C(=O)O)c1cncc(-c2ccncc2)c1.[H-].[Na+]. The molecule has 31 heavy (non-hydrogen) atoms. The first-order valence-electron chi connectivity index (χ1n) is 9.21. The van der Waals surface area contributed by atoms with E-state index in [2.05, 4.69) is 15.3 Å². The van der Waals surface area contributed by atoms with E-state index in [0.29, 0.717) is 5.56 Å². The topological polar surface area (TPSA) is 92.2 Å². The number of amides is 1. The van der Waals surface area contributed by atoms with E-state index >= 15 is 0 Å². The maximum absolute atomic E-state index is 12.9. The summed E-state index contributed by atoms with van der Waals surface area (Å²) in [5, 5.41) is 12.3. The molecule has 4 aromatic rings. The molecule has 0 radical (unpaired) electrons. The van der Waals surface area contributed by atoms with Crippen LogP contribution in [0.4, 0.5) is 5.69 Å². The predicted molar refractivity (Wildman–Crippen MR) is 115 cm³/mol. The van der Waals surface area contributed by atoms with E-state index in [1.54, 1.807) is 36.8 Å². The smallest absolute Gasteiger partial charge is 1.00 e. The molecule has 0 aliphatic heterocycles. The molecule has 0 aliphatic carbocycles. The fourth-order valence-electron chi connectivity index (χ4n) is 3.11. The summed E-state index contributed by atoms with van der Waals surface area (Å²) in [6.07, 6.45) is 6.43. The van der Waals surface area contributed by atoms with Crippen LogP contribution in [0.3, 0.4) is 0 Å². The van der Waals surface area contributed by atoms with Gasteiger partial charge in [-0.3, -0.25) is 14.8 Å². The van der Waals surface area contributed by atoms with Crippen LogP contribution in [-0.2, 0) is 0 Å². The van der Waals surface area contributed by atoms with Gasteiger partial charge in [-0.15, -0.1) is 0 Å². The predicted octanol–water partition coefficient (Wildman–Crippen LogP) is 1.88. The third kappa shape index (κ3) is 5.24. The number of pyridine rings is 2. The Kier molecular flexibility index (Phi) is 7.31. The van der Waals surface area contributed by atoms with Gasteiger partial charge in [-0.2, -0.15) is 0 Å². The summed E-state index contributed by atoms with van der Waals surface area (Å²) in [5.41, 5.74) is 3.94. The van der Waals surface area contributed by atoms with Crippen LogP contribution in [0.15, 0.2) is 91.5 Å². The summed E-state index contributed by atoms with van der Waals surface area (Å²) in [5.74, 6) is -1.56. The van der Waals surface area contributed by atoms with Crippen molar-refractivity contribution in [3.63, 3.8) is 0 Å². The van der Waals surface area contributed by atoms with Crippen LogP contribution in [0.2, 0.25) is 0 Å². The van der Waals surface area contributed by atoms with Gasteiger partial charge in [0.15, 0.2) is 0 Å². The number of rotatable bonds is 5. The average molecular weight is 419 g/mol. The van der Waals surface area contributed by atoms with Gasteiger partial charge >= 0.3 is 35.5 Å². The fraction of sp³-hybridized carbons (Fsp3) is 0. The maximum atomic E-state index is 12.9. The Balaban J connectivity index is 0.00000181. The number of anilines is 1. The van der Waals surface area contributed by atoms with Gasteiger partial charge in [0, 0.05) is 30.4 Å². The van der Waals surface area contributed by atoms with E-state index in [1.807, 2.05) is 42.5 Å². The molecule has 0 atom stereocenters. The molecule has 1 amide bonds. The van der Waals surface area contributed by atoms with Crippen molar-refractivity contribution >= 4 is 17.6 Å². The van der Waals surface area contributed by atoms with Gasteiger partial charge in [0.05, 0.1) is 16.8 Å². The van der Waals surface area contributed by atoms with Crippen LogP contribution < -0.4 is 34.9 Å². The van der Waals surface area contributed by atoms with Gasteiger partial charge in [-0.05, 0) is 47.0 Å². The zero-order chi connectivity index (χ0) is 20.9. The molecule has 2 aromatic heterocycles. The van der Waals surface area contributed by atoms with E-state index in [4.69, 9.17) is 0 Å². The van der Waals surface area contributed by atoms with E-state index in [0.717, 1.165) is 22.3 Å². The third-order valence-electron chi connectivity index (χ3n) is 4.62. The second-order valence-corrected chi connectivity index (χ2v) is 6.58. The standard InChI is InChI=1S/C24H17N3O3.Na.H/c28-23(20-12-19(14-26-15-20)17-8-10-25-11-9-17)27-22-13-18(6-7-21(22)24(29)30)16-4-2-1-3-5-16;;/h1-15H,(H,27,28)(H,29,30);;/q;+1;-1. The van der Waals surface area contributed by atoms with Crippen molar-refractivity contribution in [2.24, 2.45) is 0 Å². The molecule has 2 N–H and O–H groups in total. The van der Waals surface area contributed by atoms with Crippen molar-refractivity contribution in [1.82, 2.24) is 9.97 Å². The van der Waals surface area contributed by atoms with Gasteiger partial charge in [0.25, 0.3) is 5.91 Å². The van der Waals surface area contributed by atoms with Crippen LogP contribution in [0, 0.1) is 0 Å². The van der Waals surface area contributed by atoms with Crippen molar-refractivity contribution in [3.8, 4) is 22.3 Å². The molecule has 0 fully saturated rings. The summed E-state index contributed by atoms with van der Waals surface area (Å²) in [6, 6.07) is 19.8. The molecular weight excluding hydrogens is 401 g/mol. The molecule has 2 heterocycles. The normalized spacial score (nSPS) is 10.1. The Labute approximate surface area is 202 Å². The number of aromatic nitrogens is 2. The van der Waals surface area contributed by atoms with E-state index < -0.39 is 11.9 Å². The largest absolute Gasteiger partial charge is 1.00 e. The number of benzene rings is 2. The molecule has 6 nitrogen and oxygen atoms in total. The summed E-state index contributed by atoms with van der Waals surface area (Å²) >= 11 is 0. The fourth-order valence-corrected chi connectivity index (χ4v) is 3.11. The number of hydrogen-bond donors (Lipinski definition) is 2. The molecule has 2 aromatic carbocycles. The van der Waals surface area contributed by atoms with Crippen LogP contribution in [0.25, 0.3) is 22.3 Å². The molecule has 148 valence electrons. The van der Waals surface area contributed by atoms with E-state index in [-0.39, 0.29) is 42.2 Å². The van der Waals surface area contributed by atoms with Gasteiger partial charge in [0.2, 0.25) is 0 Å². The minimum absolute atomic E-state index is 0. The first-order chi connectivity index (χ1) is 14.6. The third-order valence-corrected chi connectivity index (χ3v) is 4.62. The van der Waals surface area contributed by atoms with Gasteiger partial charge in [-0.1, -0.05) is 36.4 Å². The van der Waals surface area contributed by atoms with Crippen LogP contribution in [0.5, 0.6) is 0 Å². The van der Waals surface area contributed by atoms with E-state index in [9.17, 15) is 14.7 Å². The quantitative estimate of drug-likeness (QED) is 0.482. The Morgan fingerprint density at radius 3 is 2.19 bits per heavy atom. The minimum atomic E-state index is -1.12. The Hall–Kier alpha value is -3.32. The Morgan fingerprint density at radius 2 is 1.48 bits per heavy atom. The van der Waals surface area contributed by atoms with Crippen LogP contribution in [-0.4, -0.2) is 27.0 Å². The maximum Gasteiger partial charge on any atom is 1.00 e. The van der Waals surface area contributed by atoms with Gasteiger partial charge < -0.3 is 11.8 Å². The molecule has 0 spiro atoms. The van der Waals surface area contributed by atoms with Crippen LogP contribution in [0.1, 0.15) is 22.1 Å². The number of carboxylic acid groups (broad SMARTS) is 1. The monoisotopic (exact) mass is 419 g/mol. The summed E-state index contributed by atoms with van der Waals surface area (Å²) in [6.45, 7) is 0. The number of carboxylic acids is 1. The first kappa shape index (κ1) is 22.4. The van der Waals surface area contributed by atoms with Crippen molar-refractivity contribution in [3.05, 3.63) is 103 Å². The number of aromatic carboxylic acids is 1. The molecule has 0 unspecified atom stereocenters. The van der Waals surface area contributed by atoms with E-state index in [1.165, 1.54) is 12.3 Å². The molecular formula is C24H18N3NaO3. The van der Waals surface area contributed by atoms with Crippen LogP contribution >= 0.6 is 0 Å². The van der Waals surface area contributed by atoms with Crippen molar-refractivity contribution in [2.75, 3.05) is 5.32 Å². The number of carbonyl (C=O) groups excluding carboxylic acids is 1. The second kappa shape index (κ2) is 10.1. The van der Waals surface area contributed by atoms with Crippen molar-refractivity contribution < 1.29 is 45.7 Å². The molecule has 0 aliphatic rings.